The number of hydrogen-bond acceptors (Lipinski definition) is 4. The lowest BCUT2D eigenvalue weighted by Crippen LogP contribution is -2.45. The van der Waals surface area contributed by atoms with E-state index in [1.807, 2.05) is 19.3 Å². The van der Waals surface area contributed by atoms with Crippen molar-refractivity contribution in [1.82, 2.24) is 15.6 Å². The van der Waals surface area contributed by atoms with Crippen LogP contribution in [0.3, 0.4) is 0 Å². The molecule has 0 saturated heterocycles. The molecule has 146 valence electrons. The van der Waals surface area contributed by atoms with Gasteiger partial charge in [-0.2, -0.15) is 0 Å². The number of aliphatic imine (C=N–C) groups is 1. The van der Waals surface area contributed by atoms with Gasteiger partial charge in [-0.15, -0.1) is 24.0 Å². The van der Waals surface area contributed by atoms with E-state index in [1.54, 1.807) is 7.05 Å². The zero-order valence-electron chi connectivity index (χ0n) is 16.0. The largest absolute Gasteiger partial charge is 0.466 e. The van der Waals surface area contributed by atoms with Gasteiger partial charge < -0.3 is 15.4 Å². The summed E-state index contributed by atoms with van der Waals surface area (Å²) >= 11 is 0. The number of guanidine groups is 1. The summed E-state index contributed by atoms with van der Waals surface area (Å²) in [6.07, 6.45) is 8.35. The van der Waals surface area contributed by atoms with Gasteiger partial charge in [0.15, 0.2) is 5.96 Å². The molecular weight excluding hydrogens is 443 g/mol. The highest BCUT2D eigenvalue weighted by Crippen LogP contribution is 2.25. The first kappa shape index (κ1) is 22.7. The predicted molar refractivity (Wildman–Crippen MR) is 115 cm³/mol. The molecule has 2 N–H and O–H groups in total. The molecule has 0 aliphatic heterocycles. The van der Waals surface area contributed by atoms with Crippen LogP contribution in [-0.2, 0) is 16.0 Å². The van der Waals surface area contributed by atoms with Gasteiger partial charge in [0.05, 0.1) is 12.5 Å². The average molecular weight is 474 g/mol. The zero-order valence-corrected chi connectivity index (χ0v) is 18.3. The van der Waals surface area contributed by atoms with Crippen LogP contribution in [0.25, 0.3) is 0 Å². The number of halogens is 1. The van der Waals surface area contributed by atoms with Crippen LogP contribution in [0.4, 0.5) is 0 Å². The van der Waals surface area contributed by atoms with Crippen LogP contribution in [0.2, 0.25) is 0 Å². The van der Waals surface area contributed by atoms with E-state index in [2.05, 4.69) is 33.6 Å². The van der Waals surface area contributed by atoms with E-state index < -0.39 is 0 Å². The molecule has 0 spiro atoms. The van der Waals surface area contributed by atoms with E-state index in [0.717, 1.165) is 44.6 Å². The van der Waals surface area contributed by atoms with Gasteiger partial charge in [0.2, 0.25) is 0 Å². The highest BCUT2D eigenvalue weighted by Gasteiger charge is 2.27. The standard InChI is InChI=1S/C19H30N4O2.HI/c1-4-25-18(24)16-5-7-17(8-6-16)23-19(20-3)22-12-10-15-9-11-21-13-14(15)2;/h9,11,13,16-17H,4-8,10,12H2,1-3H3,(H2,20,22,23);1H. The number of esters is 1. The van der Waals surface area contributed by atoms with Crippen LogP contribution in [-0.4, -0.2) is 43.2 Å². The van der Waals surface area contributed by atoms with E-state index in [-0.39, 0.29) is 35.9 Å². The normalized spacial score (nSPS) is 20.0. The second-order valence-electron chi connectivity index (χ2n) is 6.50. The molecular formula is C19H31IN4O2. The maximum absolute atomic E-state index is 11.8. The van der Waals surface area contributed by atoms with Gasteiger partial charge in [0.25, 0.3) is 0 Å². The van der Waals surface area contributed by atoms with Crippen molar-refractivity contribution in [3.63, 3.8) is 0 Å². The summed E-state index contributed by atoms with van der Waals surface area (Å²) in [6.45, 7) is 5.22. The lowest BCUT2D eigenvalue weighted by Gasteiger charge is -2.29. The van der Waals surface area contributed by atoms with Crippen molar-refractivity contribution in [3.8, 4) is 0 Å². The van der Waals surface area contributed by atoms with Crippen molar-refractivity contribution in [1.29, 1.82) is 0 Å². The van der Waals surface area contributed by atoms with Crippen molar-refractivity contribution in [2.75, 3.05) is 20.2 Å². The van der Waals surface area contributed by atoms with Crippen LogP contribution >= 0.6 is 24.0 Å². The van der Waals surface area contributed by atoms with E-state index >= 15 is 0 Å². The summed E-state index contributed by atoms with van der Waals surface area (Å²) in [5.41, 5.74) is 2.51. The van der Waals surface area contributed by atoms with E-state index in [9.17, 15) is 4.79 Å². The van der Waals surface area contributed by atoms with Gasteiger partial charge >= 0.3 is 5.97 Å². The molecule has 6 nitrogen and oxygen atoms in total. The number of rotatable bonds is 6. The van der Waals surface area contributed by atoms with Crippen molar-refractivity contribution >= 4 is 35.9 Å². The number of hydrogen-bond donors (Lipinski definition) is 2. The summed E-state index contributed by atoms with van der Waals surface area (Å²) in [7, 11) is 1.79. The molecule has 1 aliphatic carbocycles. The van der Waals surface area contributed by atoms with E-state index in [4.69, 9.17) is 4.74 Å². The average Bonchev–Trinajstić information content (AvgIpc) is 2.63. The molecule has 1 fully saturated rings. The number of aryl methyl sites for hydroxylation is 1. The summed E-state index contributed by atoms with van der Waals surface area (Å²) in [5.74, 6) is 0.838. The molecule has 0 aromatic carbocycles. The van der Waals surface area contributed by atoms with Gasteiger partial charge in [-0.1, -0.05) is 0 Å². The number of carbonyl (C=O) groups is 1. The Kier molecular flexibility index (Phi) is 10.5. The first-order chi connectivity index (χ1) is 12.1. The summed E-state index contributed by atoms with van der Waals surface area (Å²) in [6, 6.07) is 2.42. The molecule has 7 heteroatoms. The highest BCUT2D eigenvalue weighted by molar-refractivity contribution is 14.0. The number of carbonyl (C=O) groups excluding carboxylic acids is 1. The van der Waals surface area contributed by atoms with Gasteiger partial charge in [-0.3, -0.25) is 14.8 Å². The summed E-state index contributed by atoms with van der Waals surface area (Å²) in [5, 5.41) is 6.85. The maximum Gasteiger partial charge on any atom is 0.308 e. The van der Waals surface area contributed by atoms with Crippen molar-refractivity contribution in [2.24, 2.45) is 10.9 Å². The van der Waals surface area contributed by atoms with Crippen LogP contribution in [0.1, 0.15) is 43.7 Å². The quantitative estimate of drug-likeness (QED) is 0.287. The Bertz CT molecular complexity index is 587. The number of ether oxygens (including phenoxy) is 1. The van der Waals surface area contributed by atoms with Crippen LogP contribution in [0.15, 0.2) is 23.5 Å². The fourth-order valence-electron chi connectivity index (χ4n) is 3.22. The van der Waals surface area contributed by atoms with Crippen molar-refractivity contribution in [2.45, 2.75) is 52.0 Å². The Balaban J connectivity index is 0.00000338. The third-order valence-corrected chi connectivity index (χ3v) is 4.73. The molecule has 0 bridgehead atoms. The zero-order chi connectivity index (χ0) is 18.1. The molecule has 26 heavy (non-hydrogen) atoms. The number of aromatic nitrogens is 1. The Morgan fingerprint density at radius 3 is 2.69 bits per heavy atom. The highest BCUT2D eigenvalue weighted by atomic mass is 127. The lowest BCUT2D eigenvalue weighted by molar-refractivity contribution is -0.149. The molecule has 0 unspecified atom stereocenters. The van der Waals surface area contributed by atoms with Crippen LogP contribution < -0.4 is 10.6 Å². The molecule has 1 saturated carbocycles. The minimum Gasteiger partial charge on any atom is -0.466 e. The smallest absolute Gasteiger partial charge is 0.308 e. The molecule has 2 rings (SSSR count). The topological polar surface area (TPSA) is 75.6 Å². The molecule has 1 aliphatic rings. The molecule has 1 aromatic heterocycles. The molecule has 0 radical (unpaired) electrons. The second-order valence-corrected chi connectivity index (χ2v) is 6.50. The number of pyridine rings is 1. The van der Waals surface area contributed by atoms with Gasteiger partial charge in [0.1, 0.15) is 0 Å². The van der Waals surface area contributed by atoms with E-state index in [0.29, 0.717) is 12.6 Å². The second kappa shape index (κ2) is 12.1. The number of nitrogens with zero attached hydrogens (tertiary/aromatic N) is 2. The minimum absolute atomic E-state index is 0. The Labute approximate surface area is 173 Å². The van der Waals surface area contributed by atoms with E-state index in [1.165, 1.54) is 11.1 Å². The van der Waals surface area contributed by atoms with Gasteiger partial charge in [0, 0.05) is 32.0 Å². The third-order valence-electron chi connectivity index (χ3n) is 4.73. The van der Waals surface area contributed by atoms with Crippen LogP contribution in [0, 0.1) is 12.8 Å². The molecule has 0 atom stereocenters. The van der Waals surface area contributed by atoms with Crippen molar-refractivity contribution in [3.05, 3.63) is 29.6 Å². The first-order valence-corrected chi connectivity index (χ1v) is 9.17. The fourth-order valence-corrected chi connectivity index (χ4v) is 3.22. The van der Waals surface area contributed by atoms with Gasteiger partial charge in [-0.25, -0.2) is 0 Å². The molecule has 1 aromatic rings. The Morgan fingerprint density at radius 1 is 1.35 bits per heavy atom. The SMILES string of the molecule is CCOC(=O)C1CCC(NC(=NC)NCCc2ccncc2C)CC1.I. The third kappa shape index (κ3) is 7.09. The maximum atomic E-state index is 11.8. The number of nitrogens with one attached hydrogen (secondary N) is 2. The monoisotopic (exact) mass is 474 g/mol. The lowest BCUT2D eigenvalue weighted by atomic mass is 9.86. The Hall–Kier alpha value is -1.38. The van der Waals surface area contributed by atoms with Crippen molar-refractivity contribution < 1.29 is 9.53 Å². The van der Waals surface area contributed by atoms with Gasteiger partial charge in [-0.05, 0) is 63.1 Å². The first-order valence-electron chi connectivity index (χ1n) is 9.17. The predicted octanol–water partition coefficient (Wildman–Crippen LogP) is 2.84. The summed E-state index contributed by atoms with van der Waals surface area (Å²) < 4.78 is 5.12. The summed E-state index contributed by atoms with van der Waals surface area (Å²) in [4.78, 5) is 20.2. The molecule has 1 heterocycles. The fraction of sp³-hybridized carbons (Fsp3) is 0.632. The Morgan fingerprint density at radius 2 is 2.08 bits per heavy atom. The molecule has 0 amide bonds. The minimum atomic E-state index is -0.0452. The van der Waals surface area contributed by atoms with Crippen LogP contribution in [0.5, 0.6) is 0 Å².